The SMILES string of the molecule is Cc1cccc2c(N)c(C(=O)NCCn3ccnn3)sc12. The van der Waals surface area contributed by atoms with Gasteiger partial charge in [-0.3, -0.25) is 9.48 Å². The van der Waals surface area contributed by atoms with Crippen LogP contribution in [0, 0.1) is 6.92 Å². The van der Waals surface area contributed by atoms with Gasteiger partial charge >= 0.3 is 0 Å². The molecular formula is C14H15N5OS. The Morgan fingerprint density at radius 1 is 1.48 bits per heavy atom. The smallest absolute Gasteiger partial charge is 0.263 e. The number of anilines is 1. The Labute approximate surface area is 125 Å². The molecular weight excluding hydrogens is 286 g/mol. The highest BCUT2D eigenvalue weighted by Gasteiger charge is 2.16. The Balaban J connectivity index is 1.75. The van der Waals surface area contributed by atoms with Crippen molar-refractivity contribution in [2.45, 2.75) is 13.5 Å². The van der Waals surface area contributed by atoms with Crippen molar-refractivity contribution < 1.29 is 4.79 Å². The maximum absolute atomic E-state index is 12.2. The molecule has 0 spiro atoms. The Kier molecular flexibility index (Phi) is 3.57. The molecule has 0 aliphatic carbocycles. The number of nitrogens with zero attached hydrogens (tertiary/aromatic N) is 3. The number of nitrogens with one attached hydrogen (secondary N) is 1. The zero-order chi connectivity index (χ0) is 14.8. The number of carbonyl (C=O) groups is 1. The Hall–Kier alpha value is -2.41. The molecule has 0 atom stereocenters. The molecule has 6 nitrogen and oxygen atoms in total. The number of fused-ring (bicyclic) bond motifs is 1. The van der Waals surface area contributed by atoms with Crippen LogP contribution in [0.4, 0.5) is 5.69 Å². The zero-order valence-electron chi connectivity index (χ0n) is 11.5. The normalized spacial score (nSPS) is 10.9. The lowest BCUT2D eigenvalue weighted by Crippen LogP contribution is -2.27. The second kappa shape index (κ2) is 5.53. The molecule has 0 fully saturated rings. The van der Waals surface area contributed by atoms with Gasteiger partial charge in [-0.15, -0.1) is 16.4 Å². The third-order valence-electron chi connectivity index (χ3n) is 3.26. The molecule has 0 radical (unpaired) electrons. The van der Waals surface area contributed by atoms with Gasteiger partial charge in [-0.25, -0.2) is 0 Å². The quantitative estimate of drug-likeness (QED) is 0.769. The van der Waals surface area contributed by atoms with Crippen molar-refractivity contribution in [3.63, 3.8) is 0 Å². The van der Waals surface area contributed by atoms with Gasteiger partial charge in [0.25, 0.3) is 5.91 Å². The van der Waals surface area contributed by atoms with E-state index in [-0.39, 0.29) is 5.91 Å². The average molecular weight is 301 g/mol. The van der Waals surface area contributed by atoms with Crippen molar-refractivity contribution in [1.82, 2.24) is 20.3 Å². The van der Waals surface area contributed by atoms with E-state index in [1.807, 2.05) is 25.1 Å². The van der Waals surface area contributed by atoms with E-state index >= 15 is 0 Å². The van der Waals surface area contributed by atoms with Crippen molar-refractivity contribution >= 4 is 33.0 Å². The summed E-state index contributed by atoms with van der Waals surface area (Å²) in [6, 6.07) is 5.91. The third kappa shape index (κ3) is 2.59. The molecule has 3 N–H and O–H groups in total. The van der Waals surface area contributed by atoms with Crippen molar-refractivity contribution in [2.75, 3.05) is 12.3 Å². The van der Waals surface area contributed by atoms with E-state index in [0.717, 1.165) is 15.6 Å². The van der Waals surface area contributed by atoms with Crippen LogP contribution in [0.2, 0.25) is 0 Å². The van der Waals surface area contributed by atoms with Crippen LogP contribution < -0.4 is 11.1 Å². The highest BCUT2D eigenvalue weighted by atomic mass is 32.1. The molecule has 0 unspecified atom stereocenters. The lowest BCUT2D eigenvalue weighted by atomic mass is 10.1. The minimum absolute atomic E-state index is 0.145. The number of hydrogen-bond acceptors (Lipinski definition) is 5. The minimum atomic E-state index is -0.145. The molecule has 0 bridgehead atoms. The van der Waals surface area contributed by atoms with Gasteiger partial charge in [0.2, 0.25) is 0 Å². The number of aromatic nitrogens is 3. The predicted octanol–water partition coefficient (Wildman–Crippen LogP) is 1.81. The van der Waals surface area contributed by atoms with Crippen molar-refractivity contribution in [1.29, 1.82) is 0 Å². The first-order chi connectivity index (χ1) is 10.2. The van der Waals surface area contributed by atoms with E-state index in [0.29, 0.717) is 23.7 Å². The van der Waals surface area contributed by atoms with E-state index in [9.17, 15) is 4.79 Å². The third-order valence-corrected chi connectivity index (χ3v) is 4.61. The number of carbonyl (C=O) groups excluding carboxylic acids is 1. The molecule has 1 aromatic carbocycles. The Morgan fingerprint density at radius 2 is 2.33 bits per heavy atom. The number of nitrogen functional groups attached to an aromatic ring is 1. The van der Waals surface area contributed by atoms with Crippen LogP contribution in [0.3, 0.4) is 0 Å². The largest absolute Gasteiger partial charge is 0.397 e. The summed E-state index contributed by atoms with van der Waals surface area (Å²) in [5.41, 5.74) is 7.78. The van der Waals surface area contributed by atoms with Crippen LogP contribution in [-0.4, -0.2) is 27.4 Å². The van der Waals surface area contributed by atoms with Crippen LogP contribution >= 0.6 is 11.3 Å². The molecule has 0 aliphatic heterocycles. The van der Waals surface area contributed by atoms with E-state index in [1.54, 1.807) is 17.1 Å². The van der Waals surface area contributed by atoms with E-state index in [1.165, 1.54) is 11.3 Å². The molecule has 21 heavy (non-hydrogen) atoms. The monoisotopic (exact) mass is 301 g/mol. The van der Waals surface area contributed by atoms with Crippen LogP contribution in [0.5, 0.6) is 0 Å². The molecule has 7 heteroatoms. The van der Waals surface area contributed by atoms with Gasteiger partial charge < -0.3 is 11.1 Å². The molecule has 3 aromatic rings. The first kappa shape index (κ1) is 13.6. The van der Waals surface area contributed by atoms with Gasteiger partial charge in [-0.05, 0) is 12.5 Å². The first-order valence-electron chi connectivity index (χ1n) is 6.56. The number of rotatable bonds is 4. The minimum Gasteiger partial charge on any atom is -0.397 e. The molecule has 1 amide bonds. The maximum Gasteiger partial charge on any atom is 0.263 e. The fourth-order valence-corrected chi connectivity index (χ4v) is 3.27. The van der Waals surface area contributed by atoms with Crippen molar-refractivity contribution in [3.8, 4) is 0 Å². The molecule has 0 saturated heterocycles. The molecule has 108 valence electrons. The van der Waals surface area contributed by atoms with Gasteiger partial charge in [0.15, 0.2) is 0 Å². The van der Waals surface area contributed by atoms with E-state index in [4.69, 9.17) is 5.73 Å². The summed E-state index contributed by atoms with van der Waals surface area (Å²) in [4.78, 5) is 12.8. The fourth-order valence-electron chi connectivity index (χ4n) is 2.16. The highest BCUT2D eigenvalue weighted by molar-refractivity contribution is 7.21. The van der Waals surface area contributed by atoms with Crippen LogP contribution in [-0.2, 0) is 6.54 Å². The summed E-state index contributed by atoms with van der Waals surface area (Å²) in [7, 11) is 0. The lowest BCUT2D eigenvalue weighted by Gasteiger charge is -2.04. The summed E-state index contributed by atoms with van der Waals surface area (Å²) in [5.74, 6) is -0.145. The standard InChI is InChI=1S/C14H15N5OS/c1-9-3-2-4-10-11(15)13(21-12(9)10)14(20)16-5-7-19-8-6-17-18-19/h2-4,6,8H,5,7,15H2,1H3,(H,16,20). The van der Waals surface area contributed by atoms with Crippen LogP contribution in [0.25, 0.3) is 10.1 Å². The second-order valence-corrected chi connectivity index (χ2v) is 5.74. The summed E-state index contributed by atoms with van der Waals surface area (Å²) >= 11 is 1.43. The van der Waals surface area contributed by atoms with Crippen molar-refractivity contribution in [3.05, 3.63) is 41.0 Å². The highest BCUT2D eigenvalue weighted by Crippen LogP contribution is 2.35. The van der Waals surface area contributed by atoms with Gasteiger partial charge in [0.1, 0.15) is 4.88 Å². The average Bonchev–Trinajstić information content (AvgIpc) is 3.08. The molecule has 2 aromatic heterocycles. The molecule has 0 saturated carbocycles. The maximum atomic E-state index is 12.2. The first-order valence-corrected chi connectivity index (χ1v) is 7.38. The lowest BCUT2D eigenvalue weighted by molar-refractivity contribution is 0.0957. The number of hydrogen-bond donors (Lipinski definition) is 2. The zero-order valence-corrected chi connectivity index (χ0v) is 12.4. The number of benzene rings is 1. The van der Waals surface area contributed by atoms with Crippen molar-refractivity contribution in [2.24, 2.45) is 0 Å². The van der Waals surface area contributed by atoms with Crippen LogP contribution in [0.1, 0.15) is 15.2 Å². The van der Waals surface area contributed by atoms with Gasteiger partial charge in [0, 0.05) is 22.8 Å². The van der Waals surface area contributed by atoms with Gasteiger partial charge in [-0.2, -0.15) is 0 Å². The topological polar surface area (TPSA) is 85.8 Å². The summed E-state index contributed by atoms with van der Waals surface area (Å²) in [6.45, 7) is 3.08. The van der Waals surface area contributed by atoms with E-state index < -0.39 is 0 Å². The number of nitrogens with two attached hydrogens (primary N) is 1. The predicted molar refractivity (Wildman–Crippen MR) is 83.3 cm³/mol. The summed E-state index contributed by atoms with van der Waals surface area (Å²) in [5, 5.41) is 11.4. The van der Waals surface area contributed by atoms with E-state index in [2.05, 4.69) is 15.6 Å². The summed E-state index contributed by atoms with van der Waals surface area (Å²) in [6.07, 6.45) is 3.36. The Bertz CT molecular complexity index is 778. The number of aryl methyl sites for hydroxylation is 1. The number of thiophene rings is 1. The molecule has 0 aliphatic rings. The van der Waals surface area contributed by atoms with Crippen LogP contribution in [0.15, 0.2) is 30.6 Å². The fraction of sp³-hybridized carbons (Fsp3) is 0.214. The molecule has 2 heterocycles. The summed E-state index contributed by atoms with van der Waals surface area (Å²) < 4.78 is 2.73. The number of amides is 1. The van der Waals surface area contributed by atoms with Gasteiger partial charge in [-0.1, -0.05) is 23.4 Å². The Morgan fingerprint density at radius 3 is 3.05 bits per heavy atom. The van der Waals surface area contributed by atoms with Gasteiger partial charge in [0.05, 0.1) is 18.4 Å². The second-order valence-electron chi connectivity index (χ2n) is 4.72. The molecule has 3 rings (SSSR count).